The lowest BCUT2D eigenvalue weighted by Gasteiger charge is -2.18. The highest BCUT2D eigenvalue weighted by Crippen LogP contribution is 2.26. The average Bonchev–Trinajstić information content (AvgIpc) is 3.09. The highest BCUT2D eigenvalue weighted by Gasteiger charge is 2.20. The lowest BCUT2D eigenvalue weighted by Crippen LogP contribution is -2.36. The zero-order valence-corrected chi connectivity index (χ0v) is 12.8. The van der Waals surface area contributed by atoms with Gasteiger partial charge in [0.2, 0.25) is 5.91 Å². The molecule has 120 valence electrons. The molecule has 0 aliphatic carbocycles. The summed E-state index contributed by atoms with van der Waals surface area (Å²) in [5.74, 6) is -0.365. The average molecular weight is 314 g/mol. The van der Waals surface area contributed by atoms with Gasteiger partial charge in [-0.2, -0.15) is 0 Å². The lowest BCUT2D eigenvalue weighted by atomic mass is 10.2. The van der Waals surface area contributed by atoms with Crippen molar-refractivity contribution in [3.63, 3.8) is 0 Å². The van der Waals surface area contributed by atoms with Crippen molar-refractivity contribution in [3.8, 4) is 0 Å². The summed E-state index contributed by atoms with van der Waals surface area (Å²) < 4.78 is 5.34. The van der Waals surface area contributed by atoms with Gasteiger partial charge in [-0.3, -0.25) is 4.79 Å². The minimum Gasteiger partial charge on any atom is -0.478 e. The quantitative estimate of drug-likeness (QED) is 0.881. The molecular formula is C17H18N2O4. The minimum atomic E-state index is -1.03. The van der Waals surface area contributed by atoms with Crippen molar-refractivity contribution in [2.75, 3.05) is 18.0 Å². The number of nitrogens with zero attached hydrogens (tertiary/aromatic N) is 1. The molecule has 2 aromatic rings. The van der Waals surface area contributed by atoms with Crippen LogP contribution in [0.5, 0.6) is 0 Å². The summed E-state index contributed by atoms with van der Waals surface area (Å²) in [5, 5.41) is 11.8. The van der Waals surface area contributed by atoms with Crippen LogP contribution in [0.2, 0.25) is 0 Å². The van der Waals surface area contributed by atoms with E-state index < -0.39 is 5.97 Å². The number of furan rings is 1. The molecule has 2 N–H and O–H groups in total. The Balaban J connectivity index is 1.57. The third kappa shape index (κ3) is 3.21. The van der Waals surface area contributed by atoms with Crippen LogP contribution in [0.25, 0.3) is 0 Å². The zero-order chi connectivity index (χ0) is 16.4. The van der Waals surface area contributed by atoms with Crippen LogP contribution in [-0.4, -0.2) is 30.1 Å². The van der Waals surface area contributed by atoms with Crippen LogP contribution < -0.4 is 10.2 Å². The highest BCUT2D eigenvalue weighted by molar-refractivity contribution is 5.89. The molecule has 3 rings (SSSR count). The third-order valence-electron chi connectivity index (χ3n) is 3.98. The molecule has 1 aromatic carbocycles. The van der Waals surface area contributed by atoms with E-state index in [2.05, 4.69) is 11.4 Å². The van der Waals surface area contributed by atoms with Gasteiger partial charge in [-0.05, 0) is 31.0 Å². The number of fused-ring (bicyclic) bond motifs is 1. The summed E-state index contributed by atoms with van der Waals surface area (Å²) in [6.45, 7) is 2.89. The van der Waals surface area contributed by atoms with E-state index in [0.29, 0.717) is 11.5 Å². The number of rotatable bonds is 5. The highest BCUT2D eigenvalue weighted by atomic mass is 16.4. The Bertz CT molecular complexity index is 751. The smallest absolute Gasteiger partial charge is 0.339 e. The first kappa shape index (κ1) is 15.1. The van der Waals surface area contributed by atoms with Crippen molar-refractivity contribution in [1.29, 1.82) is 0 Å². The second kappa shape index (κ2) is 6.16. The summed E-state index contributed by atoms with van der Waals surface area (Å²) in [6.07, 6.45) is 0.947. The summed E-state index contributed by atoms with van der Waals surface area (Å²) in [7, 11) is 0. The van der Waals surface area contributed by atoms with E-state index >= 15 is 0 Å². The van der Waals surface area contributed by atoms with E-state index in [1.54, 1.807) is 6.92 Å². The minimum absolute atomic E-state index is 0.118. The van der Waals surface area contributed by atoms with E-state index in [4.69, 9.17) is 9.52 Å². The zero-order valence-electron chi connectivity index (χ0n) is 12.8. The number of aromatic carboxylic acids is 1. The van der Waals surface area contributed by atoms with Crippen LogP contribution in [0.3, 0.4) is 0 Å². The van der Waals surface area contributed by atoms with E-state index in [9.17, 15) is 9.59 Å². The number of carbonyl (C=O) groups excluding carboxylic acids is 1. The molecule has 6 heteroatoms. The SMILES string of the molecule is Cc1oc(CNC(=O)CN2CCc3ccccc32)cc1C(=O)O. The van der Waals surface area contributed by atoms with Gasteiger partial charge in [-0.1, -0.05) is 18.2 Å². The first-order chi connectivity index (χ1) is 11.0. The molecule has 0 fully saturated rings. The molecule has 6 nitrogen and oxygen atoms in total. The summed E-state index contributed by atoms with van der Waals surface area (Å²) >= 11 is 0. The van der Waals surface area contributed by atoms with Gasteiger partial charge in [-0.25, -0.2) is 4.79 Å². The second-order valence-electron chi connectivity index (χ2n) is 5.56. The maximum atomic E-state index is 12.1. The molecule has 1 aromatic heterocycles. The van der Waals surface area contributed by atoms with Crippen LogP contribution in [0.1, 0.15) is 27.4 Å². The number of hydrogen-bond acceptors (Lipinski definition) is 4. The first-order valence-electron chi connectivity index (χ1n) is 7.47. The van der Waals surface area contributed by atoms with E-state index in [1.165, 1.54) is 11.6 Å². The fraction of sp³-hybridized carbons (Fsp3) is 0.294. The van der Waals surface area contributed by atoms with Crippen molar-refractivity contribution in [2.24, 2.45) is 0 Å². The molecule has 23 heavy (non-hydrogen) atoms. The Morgan fingerprint density at radius 2 is 2.13 bits per heavy atom. The number of anilines is 1. The monoisotopic (exact) mass is 314 g/mol. The molecule has 0 radical (unpaired) electrons. The molecule has 0 saturated heterocycles. The molecular weight excluding hydrogens is 296 g/mol. The van der Waals surface area contributed by atoms with Crippen molar-refractivity contribution < 1.29 is 19.1 Å². The lowest BCUT2D eigenvalue weighted by molar-refractivity contribution is -0.120. The Morgan fingerprint density at radius 3 is 2.87 bits per heavy atom. The molecule has 1 aliphatic heterocycles. The van der Waals surface area contributed by atoms with E-state index in [-0.39, 0.29) is 24.6 Å². The molecule has 0 saturated carbocycles. The maximum Gasteiger partial charge on any atom is 0.339 e. The molecule has 2 heterocycles. The number of carbonyl (C=O) groups is 2. The molecule has 0 atom stereocenters. The van der Waals surface area contributed by atoms with Gasteiger partial charge in [0.25, 0.3) is 0 Å². The second-order valence-corrected chi connectivity index (χ2v) is 5.56. The Kier molecular flexibility index (Phi) is 4.06. The maximum absolute atomic E-state index is 12.1. The van der Waals surface area contributed by atoms with Gasteiger partial charge < -0.3 is 19.7 Å². The van der Waals surface area contributed by atoms with Crippen molar-refractivity contribution in [2.45, 2.75) is 19.9 Å². The normalized spacial score (nSPS) is 13.0. The molecule has 0 unspecified atom stereocenters. The largest absolute Gasteiger partial charge is 0.478 e. The number of benzene rings is 1. The number of para-hydroxylation sites is 1. The Morgan fingerprint density at radius 1 is 1.35 bits per heavy atom. The number of hydrogen-bond donors (Lipinski definition) is 2. The molecule has 1 aliphatic rings. The number of aryl methyl sites for hydroxylation is 1. The Hall–Kier alpha value is -2.76. The molecule has 1 amide bonds. The van der Waals surface area contributed by atoms with Crippen molar-refractivity contribution in [3.05, 3.63) is 53.0 Å². The van der Waals surface area contributed by atoms with Crippen LogP contribution in [0.4, 0.5) is 5.69 Å². The predicted octanol–water partition coefficient (Wildman–Crippen LogP) is 1.97. The van der Waals surface area contributed by atoms with E-state index in [1.807, 2.05) is 23.1 Å². The number of amides is 1. The van der Waals surface area contributed by atoms with Gasteiger partial charge in [-0.15, -0.1) is 0 Å². The van der Waals surface area contributed by atoms with Gasteiger partial charge in [0, 0.05) is 12.2 Å². The fourth-order valence-electron chi connectivity index (χ4n) is 2.83. The molecule has 0 spiro atoms. The number of carboxylic acid groups (broad SMARTS) is 1. The topological polar surface area (TPSA) is 82.8 Å². The standard InChI is InChI=1S/C17H18N2O4/c1-11-14(17(21)22)8-13(23-11)9-18-16(20)10-19-7-6-12-4-2-3-5-15(12)19/h2-5,8H,6-7,9-10H2,1H3,(H,18,20)(H,21,22). The Labute approximate surface area is 133 Å². The summed E-state index contributed by atoms with van der Waals surface area (Å²) in [6, 6.07) is 9.51. The van der Waals surface area contributed by atoms with Crippen molar-refractivity contribution in [1.82, 2.24) is 5.32 Å². The first-order valence-corrected chi connectivity index (χ1v) is 7.47. The van der Waals surface area contributed by atoms with Gasteiger partial charge in [0.15, 0.2) is 0 Å². The predicted molar refractivity (Wildman–Crippen MR) is 84.6 cm³/mol. The van der Waals surface area contributed by atoms with Crippen LogP contribution in [-0.2, 0) is 17.8 Å². The summed E-state index contributed by atoms with van der Waals surface area (Å²) in [4.78, 5) is 25.1. The van der Waals surface area contributed by atoms with Crippen LogP contribution in [0.15, 0.2) is 34.7 Å². The van der Waals surface area contributed by atoms with E-state index in [0.717, 1.165) is 18.7 Å². The van der Waals surface area contributed by atoms with Gasteiger partial charge in [0.1, 0.15) is 17.1 Å². The van der Waals surface area contributed by atoms with Gasteiger partial charge >= 0.3 is 5.97 Å². The fourth-order valence-corrected chi connectivity index (χ4v) is 2.83. The van der Waals surface area contributed by atoms with Crippen LogP contribution >= 0.6 is 0 Å². The number of nitrogens with one attached hydrogen (secondary N) is 1. The molecule has 0 bridgehead atoms. The number of carboxylic acids is 1. The third-order valence-corrected chi connectivity index (χ3v) is 3.98. The summed E-state index contributed by atoms with van der Waals surface area (Å²) in [5.41, 5.74) is 2.49. The van der Waals surface area contributed by atoms with Gasteiger partial charge in [0.05, 0.1) is 13.1 Å². The van der Waals surface area contributed by atoms with Crippen molar-refractivity contribution >= 4 is 17.6 Å². The van der Waals surface area contributed by atoms with Crippen LogP contribution in [0, 0.1) is 6.92 Å².